The molecule has 24 heavy (non-hydrogen) atoms. The molecule has 0 bridgehead atoms. The number of hydrogen-bond acceptors (Lipinski definition) is 2. The number of carbonyl (C=O) groups excluding carboxylic acids is 1. The van der Waals surface area contributed by atoms with Crippen LogP contribution in [0.25, 0.3) is 5.70 Å². The molecule has 0 spiro atoms. The molecule has 2 aromatic carbocycles. The molecule has 0 amide bonds. The van der Waals surface area contributed by atoms with Crippen molar-refractivity contribution in [3.63, 3.8) is 0 Å². The van der Waals surface area contributed by atoms with E-state index in [2.05, 4.69) is 10.6 Å². The van der Waals surface area contributed by atoms with Crippen molar-refractivity contribution in [2.24, 2.45) is 0 Å². The Kier molecular flexibility index (Phi) is 4.64. The van der Waals surface area contributed by atoms with Gasteiger partial charge in [-0.05, 0) is 66.7 Å². The summed E-state index contributed by atoms with van der Waals surface area (Å²) in [5, 5.41) is 7.16. The number of halogens is 2. The minimum absolute atomic E-state index is 0.100. The summed E-state index contributed by atoms with van der Waals surface area (Å²) in [4.78, 5) is 12.3. The highest BCUT2D eigenvalue weighted by Gasteiger charge is 2.30. The average molecular weight is 361 g/mol. The van der Waals surface area contributed by atoms with Crippen molar-refractivity contribution < 1.29 is 9.18 Å². The normalized spacial score (nSPS) is 17.3. The molecule has 2 aromatic rings. The molecule has 1 atom stereocenters. The quantitative estimate of drug-likeness (QED) is 0.812. The molecule has 1 heterocycles. The van der Waals surface area contributed by atoms with Gasteiger partial charge in [-0.15, -0.1) is 0 Å². The molecule has 0 saturated carbocycles. The summed E-state index contributed by atoms with van der Waals surface area (Å²) in [5.74, 6) is -0.439. The summed E-state index contributed by atoms with van der Waals surface area (Å²) < 4.78 is 13.2. The van der Waals surface area contributed by atoms with Gasteiger partial charge in [-0.2, -0.15) is 0 Å². The molecule has 0 saturated heterocycles. The number of rotatable bonds is 3. The van der Waals surface area contributed by atoms with Crippen molar-refractivity contribution in [3.05, 3.63) is 76.1 Å². The fraction of sp³-hybridized carbons (Fsp3) is 0.111. The van der Waals surface area contributed by atoms with E-state index >= 15 is 0 Å². The summed E-state index contributed by atoms with van der Waals surface area (Å²) in [6.45, 7) is 1.50. The largest absolute Gasteiger partial charge is 0.351 e. The first-order chi connectivity index (χ1) is 11.5. The molecule has 1 aliphatic heterocycles. The molecule has 0 aliphatic carbocycles. The summed E-state index contributed by atoms with van der Waals surface area (Å²) in [6, 6.07) is 12.8. The van der Waals surface area contributed by atoms with Crippen LogP contribution in [0.4, 0.5) is 4.39 Å². The zero-order valence-corrected chi connectivity index (χ0v) is 14.3. The smallest absolute Gasteiger partial charge is 0.171 e. The van der Waals surface area contributed by atoms with Gasteiger partial charge in [0.1, 0.15) is 5.82 Å². The highest BCUT2D eigenvalue weighted by Crippen LogP contribution is 2.32. The van der Waals surface area contributed by atoms with Crippen LogP contribution >= 0.6 is 23.8 Å². The van der Waals surface area contributed by atoms with E-state index in [1.54, 1.807) is 24.3 Å². The zero-order valence-electron chi connectivity index (χ0n) is 12.8. The molecule has 0 fully saturated rings. The number of ketones is 1. The predicted octanol–water partition coefficient (Wildman–Crippen LogP) is 4.00. The Morgan fingerprint density at radius 1 is 1.12 bits per heavy atom. The highest BCUT2D eigenvalue weighted by molar-refractivity contribution is 7.80. The molecular formula is C18H14ClFN2OS. The standard InChI is InChI=1S/C18H14ClFN2OS/c1-10(23)15-16(11-2-6-13(19)7-3-11)21-18(24)22-17(15)12-4-8-14(20)9-5-12/h2-9,16H,1H3,(H2,21,22,24). The molecule has 122 valence electrons. The zero-order chi connectivity index (χ0) is 17.3. The van der Waals surface area contributed by atoms with Crippen molar-refractivity contribution >= 4 is 40.4 Å². The lowest BCUT2D eigenvalue weighted by molar-refractivity contribution is -0.113. The number of nitrogens with one attached hydrogen (secondary N) is 2. The van der Waals surface area contributed by atoms with E-state index in [0.29, 0.717) is 27.0 Å². The van der Waals surface area contributed by atoms with Gasteiger partial charge in [0.2, 0.25) is 0 Å². The molecule has 0 radical (unpaired) electrons. The van der Waals surface area contributed by atoms with Crippen LogP contribution in [0.1, 0.15) is 24.1 Å². The SMILES string of the molecule is CC(=O)C1=C(c2ccc(F)cc2)NC(=S)NC1c1ccc(Cl)cc1. The third-order valence-corrected chi connectivity index (χ3v) is 4.26. The Balaban J connectivity index is 2.15. The number of benzene rings is 2. The average Bonchev–Trinajstić information content (AvgIpc) is 2.55. The summed E-state index contributed by atoms with van der Waals surface area (Å²) >= 11 is 11.2. The van der Waals surface area contributed by atoms with Crippen LogP contribution in [0, 0.1) is 5.82 Å². The van der Waals surface area contributed by atoms with Crippen LogP contribution in [0.15, 0.2) is 54.1 Å². The van der Waals surface area contributed by atoms with Crippen molar-refractivity contribution in [1.82, 2.24) is 10.6 Å². The molecule has 3 rings (SSSR count). The van der Waals surface area contributed by atoms with Gasteiger partial charge in [-0.3, -0.25) is 4.79 Å². The highest BCUT2D eigenvalue weighted by atomic mass is 35.5. The third kappa shape index (κ3) is 3.32. The van der Waals surface area contributed by atoms with Gasteiger partial charge in [-0.25, -0.2) is 4.39 Å². The van der Waals surface area contributed by atoms with Crippen molar-refractivity contribution in [3.8, 4) is 0 Å². The second-order valence-electron chi connectivity index (χ2n) is 5.43. The number of thiocarbonyl (C=S) groups is 1. The summed E-state index contributed by atoms with van der Waals surface area (Å²) in [7, 11) is 0. The van der Waals surface area contributed by atoms with E-state index in [0.717, 1.165) is 5.56 Å². The van der Waals surface area contributed by atoms with E-state index in [1.807, 2.05) is 12.1 Å². The van der Waals surface area contributed by atoms with Crippen molar-refractivity contribution in [2.75, 3.05) is 0 Å². The summed E-state index contributed by atoms with van der Waals surface area (Å²) in [5.41, 5.74) is 2.70. The van der Waals surface area contributed by atoms with Crippen LogP contribution in [-0.4, -0.2) is 10.9 Å². The van der Waals surface area contributed by atoms with E-state index in [1.165, 1.54) is 19.1 Å². The molecule has 0 aromatic heterocycles. The van der Waals surface area contributed by atoms with E-state index < -0.39 is 6.04 Å². The first-order valence-electron chi connectivity index (χ1n) is 7.29. The van der Waals surface area contributed by atoms with Crippen molar-refractivity contribution in [1.29, 1.82) is 0 Å². The van der Waals surface area contributed by atoms with E-state index in [9.17, 15) is 9.18 Å². The number of hydrogen-bond donors (Lipinski definition) is 2. The van der Waals surface area contributed by atoms with E-state index in [-0.39, 0.29) is 11.6 Å². The molecular weight excluding hydrogens is 347 g/mol. The minimum atomic E-state index is -0.395. The van der Waals surface area contributed by atoms with Gasteiger partial charge in [0.25, 0.3) is 0 Å². The molecule has 1 aliphatic rings. The van der Waals surface area contributed by atoms with Gasteiger partial charge >= 0.3 is 0 Å². The Bertz CT molecular complexity index is 831. The van der Waals surface area contributed by atoms with Crippen molar-refractivity contribution in [2.45, 2.75) is 13.0 Å². The maximum atomic E-state index is 13.2. The van der Waals surface area contributed by atoms with Gasteiger partial charge in [0.15, 0.2) is 10.9 Å². The van der Waals surface area contributed by atoms with Crippen LogP contribution in [-0.2, 0) is 4.79 Å². The van der Waals surface area contributed by atoms with E-state index in [4.69, 9.17) is 23.8 Å². The monoisotopic (exact) mass is 360 g/mol. The lowest BCUT2D eigenvalue weighted by Crippen LogP contribution is -2.44. The molecule has 3 nitrogen and oxygen atoms in total. The second-order valence-corrected chi connectivity index (χ2v) is 6.28. The first kappa shape index (κ1) is 16.6. The lowest BCUT2D eigenvalue weighted by Gasteiger charge is -2.31. The molecule has 2 N–H and O–H groups in total. The third-order valence-electron chi connectivity index (χ3n) is 3.79. The van der Waals surface area contributed by atoms with Crippen LogP contribution in [0.3, 0.4) is 0 Å². The van der Waals surface area contributed by atoms with Gasteiger partial charge in [0.05, 0.1) is 11.7 Å². The number of Topliss-reactive ketones (excluding diaryl/α,β-unsaturated/α-hetero) is 1. The lowest BCUT2D eigenvalue weighted by atomic mass is 9.90. The van der Waals surface area contributed by atoms with Gasteiger partial charge in [0, 0.05) is 10.6 Å². The first-order valence-corrected chi connectivity index (χ1v) is 8.08. The van der Waals surface area contributed by atoms with Gasteiger partial charge in [-0.1, -0.05) is 23.7 Å². The molecule has 6 heteroatoms. The Labute approximate surface area is 149 Å². The van der Waals surface area contributed by atoms with Crippen LogP contribution in [0.2, 0.25) is 5.02 Å². The fourth-order valence-corrected chi connectivity index (χ4v) is 3.04. The Morgan fingerprint density at radius 3 is 2.33 bits per heavy atom. The van der Waals surface area contributed by atoms with Crippen LogP contribution in [0.5, 0.6) is 0 Å². The van der Waals surface area contributed by atoms with Gasteiger partial charge < -0.3 is 10.6 Å². The van der Waals surface area contributed by atoms with Crippen LogP contribution < -0.4 is 10.6 Å². The fourth-order valence-electron chi connectivity index (χ4n) is 2.69. The predicted molar refractivity (Wildman–Crippen MR) is 97.1 cm³/mol. The maximum Gasteiger partial charge on any atom is 0.171 e. The summed E-state index contributed by atoms with van der Waals surface area (Å²) in [6.07, 6.45) is 0. The second kappa shape index (κ2) is 6.71. The minimum Gasteiger partial charge on any atom is -0.351 e. The Morgan fingerprint density at radius 2 is 1.75 bits per heavy atom. The topological polar surface area (TPSA) is 41.1 Å². The molecule has 1 unspecified atom stereocenters. The number of carbonyl (C=O) groups is 1. The maximum absolute atomic E-state index is 13.2. The Hall–Kier alpha value is -2.24.